The van der Waals surface area contributed by atoms with Crippen molar-refractivity contribution in [3.8, 4) is 22.8 Å². The first-order valence-electron chi connectivity index (χ1n) is 10.1. The van der Waals surface area contributed by atoms with Crippen LogP contribution in [0.1, 0.15) is 5.56 Å². The van der Waals surface area contributed by atoms with Crippen molar-refractivity contribution in [3.63, 3.8) is 0 Å². The summed E-state index contributed by atoms with van der Waals surface area (Å²) in [6.07, 6.45) is 1.86. The maximum absolute atomic E-state index is 9.10. The number of carbonyl (C=O) groups is 2. The standard InChI is InChI=1S/C23H20ClN3O.C2H2O4/c1-27-22(18-10-12-19(24)13-11-18)16-26-23(27)25-15-17-6-5-9-21(14-17)28-20-7-3-2-4-8-20;3-1(4)2(5)6/h2-14,16H,15H2,1H3,(H,25,26);(H,3,4)(H,5,6). The lowest BCUT2D eigenvalue weighted by Crippen LogP contribution is -2.09. The number of hydrogen-bond donors (Lipinski definition) is 3. The van der Waals surface area contributed by atoms with E-state index in [0.717, 1.165) is 39.3 Å². The summed E-state index contributed by atoms with van der Waals surface area (Å²) in [7, 11) is 1.99. The molecule has 0 saturated carbocycles. The van der Waals surface area contributed by atoms with Crippen LogP contribution in [-0.2, 0) is 23.2 Å². The summed E-state index contributed by atoms with van der Waals surface area (Å²) in [6.45, 7) is 0.650. The monoisotopic (exact) mass is 479 g/mol. The van der Waals surface area contributed by atoms with E-state index < -0.39 is 11.9 Å². The van der Waals surface area contributed by atoms with Crippen molar-refractivity contribution < 1.29 is 24.5 Å². The molecule has 0 aliphatic carbocycles. The molecule has 0 radical (unpaired) electrons. The summed E-state index contributed by atoms with van der Waals surface area (Å²) in [4.78, 5) is 22.7. The van der Waals surface area contributed by atoms with Gasteiger partial charge in [-0.2, -0.15) is 0 Å². The molecule has 4 rings (SSSR count). The second-order valence-corrected chi connectivity index (χ2v) is 7.50. The summed E-state index contributed by atoms with van der Waals surface area (Å²) < 4.78 is 7.94. The van der Waals surface area contributed by atoms with E-state index in [2.05, 4.69) is 16.4 Å². The highest BCUT2D eigenvalue weighted by Gasteiger charge is 2.09. The molecule has 1 aromatic heterocycles. The van der Waals surface area contributed by atoms with Crippen LogP contribution in [0.25, 0.3) is 11.3 Å². The summed E-state index contributed by atoms with van der Waals surface area (Å²) in [6, 6.07) is 25.6. The van der Waals surface area contributed by atoms with E-state index >= 15 is 0 Å². The van der Waals surface area contributed by atoms with Gasteiger partial charge in [-0.05, 0) is 47.5 Å². The van der Waals surface area contributed by atoms with Crippen molar-refractivity contribution >= 4 is 29.5 Å². The number of anilines is 1. The Labute approximate surface area is 201 Å². The number of hydrogen-bond acceptors (Lipinski definition) is 5. The van der Waals surface area contributed by atoms with Gasteiger partial charge in [0, 0.05) is 18.6 Å². The Morgan fingerprint density at radius 1 is 0.941 bits per heavy atom. The van der Waals surface area contributed by atoms with Gasteiger partial charge in [0.2, 0.25) is 5.95 Å². The summed E-state index contributed by atoms with van der Waals surface area (Å²) in [5.74, 6) is -1.21. The Kier molecular flexibility index (Phi) is 8.26. The van der Waals surface area contributed by atoms with Crippen molar-refractivity contribution in [1.29, 1.82) is 0 Å². The molecular formula is C25H22ClN3O5. The maximum Gasteiger partial charge on any atom is 0.414 e. The molecule has 0 atom stereocenters. The normalized spacial score (nSPS) is 10.1. The summed E-state index contributed by atoms with van der Waals surface area (Å²) in [5, 5.41) is 18.9. The fourth-order valence-electron chi connectivity index (χ4n) is 2.99. The van der Waals surface area contributed by atoms with Crippen molar-refractivity contribution in [2.75, 3.05) is 5.32 Å². The number of imidazole rings is 1. The van der Waals surface area contributed by atoms with E-state index in [0.29, 0.717) is 6.54 Å². The van der Waals surface area contributed by atoms with E-state index in [1.165, 1.54) is 0 Å². The molecule has 0 saturated heterocycles. The van der Waals surface area contributed by atoms with Gasteiger partial charge in [-0.3, -0.25) is 0 Å². The van der Waals surface area contributed by atoms with Gasteiger partial charge in [-0.1, -0.05) is 54.1 Å². The Morgan fingerprint density at radius 2 is 1.59 bits per heavy atom. The van der Waals surface area contributed by atoms with Crippen LogP contribution in [0, 0.1) is 0 Å². The molecule has 0 unspecified atom stereocenters. The zero-order valence-electron chi connectivity index (χ0n) is 18.2. The van der Waals surface area contributed by atoms with Crippen LogP contribution >= 0.6 is 11.6 Å². The second-order valence-electron chi connectivity index (χ2n) is 7.06. The molecule has 0 fully saturated rings. The molecule has 3 N–H and O–H groups in total. The van der Waals surface area contributed by atoms with Gasteiger partial charge in [0.15, 0.2) is 0 Å². The van der Waals surface area contributed by atoms with E-state index in [4.69, 9.17) is 36.1 Å². The van der Waals surface area contributed by atoms with E-state index in [9.17, 15) is 0 Å². The van der Waals surface area contributed by atoms with Crippen molar-refractivity contribution in [2.45, 2.75) is 6.54 Å². The minimum absolute atomic E-state index is 0.650. The van der Waals surface area contributed by atoms with E-state index in [1.54, 1.807) is 0 Å². The van der Waals surface area contributed by atoms with E-state index in [1.807, 2.05) is 90.6 Å². The molecule has 0 aliphatic rings. The highest BCUT2D eigenvalue weighted by Crippen LogP contribution is 2.25. The molecule has 3 aromatic carbocycles. The molecule has 34 heavy (non-hydrogen) atoms. The van der Waals surface area contributed by atoms with Crippen LogP contribution < -0.4 is 10.1 Å². The smallest absolute Gasteiger partial charge is 0.414 e. The van der Waals surface area contributed by atoms with Crippen LogP contribution in [0.4, 0.5) is 5.95 Å². The average Bonchev–Trinajstić information content (AvgIpc) is 3.20. The molecule has 1 heterocycles. The molecule has 4 aromatic rings. The second kappa shape index (κ2) is 11.5. The molecule has 0 amide bonds. The number of carboxylic acids is 2. The number of aliphatic carboxylic acids is 2. The highest BCUT2D eigenvalue weighted by molar-refractivity contribution is 6.30. The number of aromatic nitrogens is 2. The predicted molar refractivity (Wildman–Crippen MR) is 129 cm³/mol. The van der Waals surface area contributed by atoms with Crippen molar-refractivity contribution in [1.82, 2.24) is 9.55 Å². The number of nitrogens with zero attached hydrogens (tertiary/aromatic N) is 2. The number of rotatable bonds is 6. The quantitative estimate of drug-likeness (QED) is 0.321. The highest BCUT2D eigenvalue weighted by atomic mass is 35.5. The average molecular weight is 480 g/mol. The third kappa shape index (κ3) is 6.85. The first kappa shape index (κ1) is 24.3. The minimum Gasteiger partial charge on any atom is -0.473 e. The molecule has 9 heteroatoms. The Morgan fingerprint density at radius 3 is 2.24 bits per heavy atom. The van der Waals surface area contributed by atoms with Crippen molar-refractivity contribution in [2.24, 2.45) is 7.05 Å². The number of para-hydroxylation sites is 1. The third-order valence-corrected chi connectivity index (χ3v) is 4.89. The first-order chi connectivity index (χ1) is 16.3. The summed E-state index contributed by atoms with van der Waals surface area (Å²) >= 11 is 5.98. The van der Waals surface area contributed by atoms with Gasteiger partial charge in [-0.15, -0.1) is 0 Å². The third-order valence-electron chi connectivity index (χ3n) is 4.64. The molecule has 8 nitrogen and oxygen atoms in total. The van der Waals surface area contributed by atoms with Gasteiger partial charge in [-0.25, -0.2) is 14.6 Å². The number of nitrogens with one attached hydrogen (secondary N) is 1. The van der Waals surface area contributed by atoms with Crippen LogP contribution in [-0.4, -0.2) is 31.7 Å². The molecular weight excluding hydrogens is 458 g/mol. The zero-order chi connectivity index (χ0) is 24.5. The molecule has 0 spiro atoms. The summed E-state index contributed by atoms with van der Waals surface area (Å²) in [5.41, 5.74) is 3.22. The van der Waals surface area contributed by atoms with Gasteiger partial charge in [0.25, 0.3) is 0 Å². The predicted octanol–water partition coefficient (Wildman–Crippen LogP) is 5.30. The van der Waals surface area contributed by atoms with Crippen molar-refractivity contribution in [3.05, 3.63) is 95.6 Å². The van der Waals surface area contributed by atoms with E-state index in [-0.39, 0.29) is 0 Å². The first-order valence-corrected chi connectivity index (χ1v) is 10.5. The van der Waals surface area contributed by atoms with Gasteiger partial charge in [0.1, 0.15) is 11.5 Å². The lowest BCUT2D eigenvalue weighted by Gasteiger charge is -2.10. The van der Waals surface area contributed by atoms with Crippen LogP contribution in [0.15, 0.2) is 85.1 Å². The largest absolute Gasteiger partial charge is 0.473 e. The lowest BCUT2D eigenvalue weighted by molar-refractivity contribution is -0.159. The maximum atomic E-state index is 9.10. The number of benzene rings is 3. The van der Waals surface area contributed by atoms with Gasteiger partial charge in [0.05, 0.1) is 11.9 Å². The number of carboxylic acid groups (broad SMARTS) is 2. The number of ether oxygens (including phenoxy) is 1. The topological polar surface area (TPSA) is 114 Å². The minimum atomic E-state index is -1.82. The van der Waals surface area contributed by atoms with Gasteiger partial charge < -0.3 is 24.8 Å². The molecule has 0 bridgehead atoms. The fraction of sp³-hybridized carbons (Fsp3) is 0.0800. The van der Waals surface area contributed by atoms with Crippen LogP contribution in [0.3, 0.4) is 0 Å². The number of halogens is 1. The fourth-order valence-corrected chi connectivity index (χ4v) is 3.11. The van der Waals surface area contributed by atoms with Gasteiger partial charge >= 0.3 is 11.9 Å². The van der Waals surface area contributed by atoms with Crippen LogP contribution in [0.2, 0.25) is 5.02 Å². The Bertz CT molecular complexity index is 1250. The zero-order valence-corrected chi connectivity index (χ0v) is 18.9. The lowest BCUT2D eigenvalue weighted by atomic mass is 10.2. The van der Waals surface area contributed by atoms with Crippen LogP contribution in [0.5, 0.6) is 11.5 Å². The Hall–Kier alpha value is -4.30. The SMILES string of the molecule is Cn1c(-c2ccc(Cl)cc2)cnc1NCc1cccc(Oc2ccccc2)c1.O=C(O)C(=O)O. The Balaban J connectivity index is 0.000000481. The molecule has 174 valence electrons. The molecule has 0 aliphatic heterocycles.